The number of hydrogen-bond acceptors (Lipinski definition) is 2. The zero-order valence-corrected chi connectivity index (χ0v) is 13.4. The molecule has 0 aromatic heterocycles. The highest BCUT2D eigenvalue weighted by Crippen LogP contribution is 2.29. The van der Waals surface area contributed by atoms with E-state index in [-0.39, 0.29) is 6.15 Å². The van der Waals surface area contributed by atoms with Gasteiger partial charge in [0.25, 0.3) is 0 Å². The zero-order chi connectivity index (χ0) is 13.7. The molecule has 0 aromatic rings. The highest BCUT2D eigenvalue weighted by Gasteiger charge is 2.34. The molecule has 2 nitrogen and oxygen atoms in total. The predicted molar refractivity (Wildman–Crippen MR) is 84.4 cm³/mol. The molecule has 2 heteroatoms. The van der Waals surface area contributed by atoms with Gasteiger partial charge in [0.15, 0.2) is 0 Å². The normalized spacial score (nSPS) is 19.2. The van der Waals surface area contributed by atoms with Gasteiger partial charge < -0.3 is 11.5 Å². The van der Waals surface area contributed by atoms with E-state index in [2.05, 4.69) is 46.2 Å². The van der Waals surface area contributed by atoms with E-state index in [4.69, 9.17) is 0 Å². The van der Waals surface area contributed by atoms with Gasteiger partial charge in [0.05, 0.1) is 0 Å². The summed E-state index contributed by atoms with van der Waals surface area (Å²) in [6.45, 7) is 20.7. The van der Waals surface area contributed by atoms with E-state index in [0.29, 0.717) is 11.1 Å². The molecule has 0 bridgehead atoms. The van der Waals surface area contributed by atoms with Crippen molar-refractivity contribution in [1.29, 1.82) is 0 Å². The van der Waals surface area contributed by atoms with E-state index in [1.807, 2.05) is 13.8 Å². The molecule has 1 aliphatic heterocycles. The number of allylic oxidation sites excluding steroid dienone is 2. The fraction of sp³-hybridized carbons (Fsp3) is 0.750. The minimum absolute atomic E-state index is 0. The summed E-state index contributed by atoms with van der Waals surface area (Å²) >= 11 is 0. The van der Waals surface area contributed by atoms with Crippen LogP contribution in [0.2, 0.25) is 0 Å². The average Bonchev–Trinajstić information content (AvgIpc) is 2.36. The van der Waals surface area contributed by atoms with Crippen LogP contribution in [0.1, 0.15) is 67.2 Å². The topological polar surface area (TPSA) is 47.0 Å². The van der Waals surface area contributed by atoms with Crippen LogP contribution in [0, 0.1) is 0 Å². The van der Waals surface area contributed by atoms with Gasteiger partial charge >= 0.3 is 0 Å². The Morgan fingerprint density at radius 1 is 0.889 bits per heavy atom. The van der Waals surface area contributed by atoms with E-state index in [1.54, 1.807) is 0 Å². The Bertz CT molecular complexity index is 247. The van der Waals surface area contributed by atoms with Gasteiger partial charge in [-0.05, 0) is 67.2 Å². The maximum atomic E-state index is 3.79. The third kappa shape index (κ3) is 10.5. The van der Waals surface area contributed by atoms with Crippen LogP contribution in [0.15, 0.2) is 24.3 Å². The maximum absolute atomic E-state index is 3.79. The van der Waals surface area contributed by atoms with Gasteiger partial charge in [-0.2, -0.15) is 0 Å². The summed E-state index contributed by atoms with van der Waals surface area (Å²) in [4.78, 5) is 0. The molecule has 0 spiro atoms. The third-order valence-electron chi connectivity index (χ3n) is 3.03. The molecular weight excluding hydrogens is 220 g/mol. The second kappa shape index (κ2) is 7.75. The zero-order valence-electron chi connectivity index (χ0n) is 13.4. The standard InChI is InChI=1S/C8H17N.C8H14.H3N/c1-7(2)5-6-8(3,4)9-7;1-7(2)5-6-8(3)4;/h9H,5-6H2,1-4H3;1,3,5-6H2,2,4H3;1H3. The van der Waals surface area contributed by atoms with Crippen molar-refractivity contribution in [2.24, 2.45) is 0 Å². The Morgan fingerprint density at radius 3 is 1.28 bits per heavy atom. The van der Waals surface area contributed by atoms with Gasteiger partial charge in [0.2, 0.25) is 0 Å². The van der Waals surface area contributed by atoms with Crippen LogP contribution in [-0.2, 0) is 0 Å². The molecule has 0 radical (unpaired) electrons. The summed E-state index contributed by atoms with van der Waals surface area (Å²) in [5, 5.41) is 3.57. The third-order valence-corrected chi connectivity index (χ3v) is 3.03. The minimum Gasteiger partial charge on any atom is -0.344 e. The second-order valence-electron chi connectivity index (χ2n) is 6.81. The molecule has 1 saturated heterocycles. The van der Waals surface area contributed by atoms with E-state index >= 15 is 0 Å². The smallest absolute Gasteiger partial charge is 0.0130 e. The fourth-order valence-corrected chi connectivity index (χ4v) is 2.09. The molecule has 4 N–H and O–H groups in total. The summed E-state index contributed by atoms with van der Waals surface area (Å²) in [5.41, 5.74) is 3.24. The second-order valence-corrected chi connectivity index (χ2v) is 6.81. The predicted octanol–water partition coefficient (Wildman–Crippen LogP) is 5.01. The van der Waals surface area contributed by atoms with Crippen LogP contribution in [0.5, 0.6) is 0 Å². The molecule has 108 valence electrons. The molecule has 1 rings (SSSR count). The maximum Gasteiger partial charge on any atom is 0.0130 e. The SMILES string of the molecule is C=C(C)CCC(=C)C.CC1(C)CCC(C)(C)N1.N. The summed E-state index contributed by atoms with van der Waals surface area (Å²) in [7, 11) is 0. The van der Waals surface area contributed by atoms with Crippen molar-refractivity contribution in [1.82, 2.24) is 11.5 Å². The van der Waals surface area contributed by atoms with Gasteiger partial charge in [0.1, 0.15) is 0 Å². The molecule has 0 saturated carbocycles. The van der Waals surface area contributed by atoms with Gasteiger partial charge in [-0.3, -0.25) is 0 Å². The number of rotatable bonds is 3. The largest absolute Gasteiger partial charge is 0.344 e. The van der Waals surface area contributed by atoms with E-state index in [0.717, 1.165) is 12.8 Å². The first kappa shape index (κ1) is 19.7. The highest BCUT2D eigenvalue weighted by molar-refractivity contribution is 4.97. The highest BCUT2D eigenvalue weighted by atomic mass is 15.1. The molecule has 0 aromatic carbocycles. The molecule has 0 atom stereocenters. The van der Waals surface area contributed by atoms with Crippen LogP contribution < -0.4 is 11.5 Å². The summed E-state index contributed by atoms with van der Waals surface area (Å²) in [5.74, 6) is 0. The van der Waals surface area contributed by atoms with Crippen LogP contribution in [0.4, 0.5) is 0 Å². The summed E-state index contributed by atoms with van der Waals surface area (Å²) in [6.07, 6.45) is 4.80. The molecule has 1 fully saturated rings. The Balaban J connectivity index is 0. The van der Waals surface area contributed by atoms with Gasteiger partial charge in [0, 0.05) is 11.1 Å². The minimum atomic E-state index is 0. The quantitative estimate of drug-likeness (QED) is 0.696. The first-order valence-electron chi connectivity index (χ1n) is 6.62. The molecule has 0 amide bonds. The van der Waals surface area contributed by atoms with Gasteiger partial charge in [-0.15, -0.1) is 13.2 Å². The fourth-order valence-electron chi connectivity index (χ4n) is 2.09. The van der Waals surface area contributed by atoms with Crippen molar-refractivity contribution < 1.29 is 0 Å². The lowest BCUT2D eigenvalue weighted by Crippen LogP contribution is -2.43. The summed E-state index contributed by atoms with van der Waals surface area (Å²) < 4.78 is 0. The van der Waals surface area contributed by atoms with E-state index < -0.39 is 0 Å². The lowest BCUT2D eigenvalue weighted by atomic mass is 10.0. The van der Waals surface area contributed by atoms with Gasteiger partial charge in [-0.1, -0.05) is 11.1 Å². The molecule has 0 aliphatic carbocycles. The summed E-state index contributed by atoms with van der Waals surface area (Å²) in [6, 6.07) is 0. The van der Waals surface area contributed by atoms with Crippen molar-refractivity contribution >= 4 is 0 Å². The molecule has 18 heavy (non-hydrogen) atoms. The Hall–Kier alpha value is -0.600. The average molecular weight is 254 g/mol. The molecular formula is C16H34N2. The number of nitrogens with one attached hydrogen (secondary N) is 1. The monoisotopic (exact) mass is 254 g/mol. The lowest BCUT2D eigenvalue weighted by molar-refractivity contribution is 0.369. The van der Waals surface area contributed by atoms with Crippen molar-refractivity contribution in [3.05, 3.63) is 24.3 Å². The molecule has 1 aliphatic rings. The van der Waals surface area contributed by atoms with Crippen LogP contribution in [0.25, 0.3) is 0 Å². The molecule has 0 unspecified atom stereocenters. The lowest BCUT2D eigenvalue weighted by Gasteiger charge is -2.24. The van der Waals surface area contributed by atoms with E-state index in [1.165, 1.54) is 24.0 Å². The van der Waals surface area contributed by atoms with Crippen molar-refractivity contribution in [2.75, 3.05) is 0 Å². The van der Waals surface area contributed by atoms with Gasteiger partial charge in [-0.25, -0.2) is 0 Å². The molecule has 1 heterocycles. The van der Waals surface area contributed by atoms with Crippen molar-refractivity contribution in [3.8, 4) is 0 Å². The van der Waals surface area contributed by atoms with Crippen molar-refractivity contribution in [2.45, 2.75) is 78.3 Å². The Morgan fingerprint density at radius 2 is 1.17 bits per heavy atom. The van der Waals surface area contributed by atoms with Crippen LogP contribution in [0.3, 0.4) is 0 Å². The Kier molecular flexibility index (Phi) is 8.50. The first-order chi connectivity index (χ1) is 7.54. The number of hydrogen-bond donors (Lipinski definition) is 2. The first-order valence-corrected chi connectivity index (χ1v) is 6.62. The van der Waals surface area contributed by atoms with Crippen LogP contribution in [-0.4, -0.2) is 11.1 Å². The van der Waals surface area contributed by atoms with Crippen molar-refractivity contribution in [3.63, 3.8) is 0 Å². The van der Waals surface area contributed by atoms with Crippen LogP contribution >= 0.6 is 0 Å². The Labute approximate surface area is 115 Å². The van der Waals surface area contributed by atoms with E-state index in [9.17, 15) is 0 Å².